The maximum absolute atomic E-state index is 13.1. The van der Waals surface area contributed by atoms with Crippen molar-refractivity contribution in [1.29, 1.82) is 0 Å². The van der Waals surface area contributed by atoms with Crippen LogP contribution in [0.3, 0.4) is 0 Å². The number of H-pyrrole nitrogens is 2. The molecule has 1 amide bonds. The van der Waals surface area contributed by atoms with Crippen LogP contribution in [0.5, 0.6) is 0 Å². The van der Waals surface area contributed by atoms with Gasteiger partial charge in [-0.25, -0.2) is 9.97 Å². The molecule has 0 aliphatic carbocycles. The standard InChI is InChI=1S/C36H40N6OS/c1-22(2)23(3)36(43)42-19-5-7-31(42)35-39-21-30(41-35)25-10-14-27(15-11-25)33-17-16-32(44-33)26-12-8-24(9-13-26)29-20-38-34(40-29)28-6-4-18-37-28/h8-17,20-23,28,31,37H,4-7,18-19H2,1-3H3,(H,38,40)(H,39,41)/t23-,28-,31-/m0/s1. The molecule has 0 radical (unpaired) electrons. The first-order valence-corrected chi connectivity index (χ1v) is 16.7. The third-order valence-corrected chi connectivity index (χ3v) is 10.6. The summed E-state index contributed by atoms with van der Waals surface area (Å²) in [4.78, 5) is 34.0. The first-order chi connectivity index (χ1) is 21.4. The highest BCUT2D eigenvalue weighted by molar-refractivity contribution is 7.18. The van der Waals surface area contributed by atoms with Crippen molar-refractivity contribution in [1.82, 2.24) is 30.2 Å². The number of thiophene rings is 1. The van der Waals surface area contributed by atoms with Gasteiger partial charge in [-0.1, -0.05) is 69.3 Å². The molecule has 2 aliphatic rings. The van der Waals surface area contributed by atoms with Crippen LogP contribution in [0.25, 0.3) is 43.4 Å². The van der Waals surface area contributed by atoms with Gasteiger partial charge in [-0.2, -0.15) is 0 Å². The lowest BCUT2D eigenvalue weighted by Gasteiger charge is -2.27. The Morgan fingerprint density at radius 3 is 1.91 bits per heavy atom. The van der Waals surface area contributed by atoms with Crippen LogP contribution in [0.1, 0.15) is 70.2 Å². The van der Waals surface area contributed by atoms with E-state index in [1.165, 1.54) is 27.3 Å². The predicted molar refractivity (Wildman–Crippen MR) is 178 cm³/mol. The van der Waals surface area contributed by atoms with Crippen LogP contribution in [-0.4, -0.2) is 43.8 Å². The Morgan fingerprint density at radius 2 is 1.34 bits per heavy atom. The summed E-state index contributed by atoms with van der Waals surface area (Å²) in [6.45, 7) is 8.14. The Morgan fingerprint density at radius 1 is 0.773 bits per heavy atom. The Bertz CT molecular complexity index is 1720. The zero-order valence-electron chi connectivity index (χ0n) is 25.6. The van der Waals surface area contributed by atoms with E-state index in [2.05, 4.69) is 94.8 Å². The fraction of sp³-hybridized carbons (Fsp3) is 0.361. The van der Waals surface area contributed by atoms with E-state index in [-0.39, 0.29) is 17.9 Å². The van der Waals surface area contributed by atoms with Crippen molar-refractivity contribution in [3.63, 3.8) is 0 Å². The van der Waals surface area contributed by atoms with Crippen molar-refractivity contribution in [3.8, 4) is 43.4 Å². The second-order valence-corrected chi connectivity index (χ2v) is 13.6. The van der Waals surface area contributed by atoms with Gasteiger partial charge in [0.1, 0.15) is 11.6 Å². The molecule has 3 N–H and O–H groups in total. The quantitative estimate of drug-likeness (QED) is 0.166. The number of aromatic nitrogens is 4. The first kappa shape index (κ1) is 28.7. The number of benzene rings is 2. The van der Waals surface area contributed by atoms with Crippen LogP contribution >= 0.6 is 11.3 Å². The number of likely N-dealkylation sites (tertiary alicyclic amines) is 1. The number of hydrogen-bond donors (Lipinski definition) is 3. The minimum absolute atomic E-state index is 0.0177. The minimum Gasteiger partial charge on any atom is -0.341 e. The van der Waals surface area contributed by atoms with Gasteiger partial charge in [0, 0.05) is 22.2 Å². The Hall–Kier alpha value is -4.01. The molecule has 44 heavy (non-hydrogen) atoms. The van der Waals surface area contributed by atoms with Crippen molar-refractivity contribution < 1.29 is 4.79 Å². The number of nitrogens with zero attached hydrogens (tertiary/aromatic N) is 3. The second kappa shape index (κ2) is 12.2. The maximum atomic E-state index is 13.1. The van der Waals surface area contributed by atoms with Crippen LogP contribution in [0, 0.1) is 11.8 Å². The van der Waals surface area contributed by atoms with E-state index in [4.69, 9.17) is 4.98 Å². The molecule has 2 fully saturated rings. The highest BCUT2D eigenvalue weighted by Gasteiger charge is 2.34. The number of rotatable bonds is 8. The summed E-state index contributed by atoms with van der Waals surface area (Å²) in [6, 6.07) is 22.2. The van der Waals surface area contributed by atoms with E-state index in [1.807, 2.05) is 24.2 Å². The van der Waals surface area contributed by atoms with E-state index >= 15 is 0 Å². The second-order valence-electron chi connectivity index (χ2n) is 12.6. The smallest absolute Gasteiger partial charge is 0.226 e. The lowest BCUT2D eigenvalue weighted by molar-refractivity contribution is -0.137. The molecular formula is C36H40N6OS. The summed E-state index contributed by atoms with van der Waals surface area (Å²) >= 11 is 1.81. The zero-order valence-corrected chi connectivity index (χ0v) is 26.5. The van der Waals surface area contributed by atoms with Gasteiger partial charge < -0.3 is 20.2 Å². The normalized spacial score (nSPS) is 19.2. The molecule has 226 valence electrons. The lowest BCUT2D eigenvalue weighted by Crippen LogP contribution is -2.36. The SMILES string of the molecule is CC(C)[C@H](C)C(=O)N1CCC[C@H]1c1ncc(-c2ccc(-c3ccc(-c4ccc(-c5cnc([C@@H]6CCCN6)[nH]5)cc4)s3)cc2)[nH]1. The molecule has 0 spiro atoms. The number of carbonyl (C=O) groups is 1. The number of aromatic amines is 2. The van der Waals surface area contributed by atoms with E-state index in [0.717, 1.165) is 66.5 Å². The number of hydrogen-bond acceptors (Lipinski definition) is 5. The van der Waals surface area contributed by atoms with Gasteiger partial charge in [0.15, 0.2) is 0 Å². The third kappa shape index (κ3) is 5.64. The molecule has 3 aromatic heterocycles. The lowest BCUT2D eigenvalue weighted by atomic mass is 9.96. The monoisotopic (exact) mass is 604 g/mol. The third-order valence-electron chi connectivity index (χ3n) is 9.39. The molecule has 3 atom stereocenters. The number of carbonyl (C=O) groups excluding carboxylic acids is 1. The first-order valence-electron chi connectivity index (χ1n) is 15.9. The van der Waals surface area contributed by atoms with Gasteiger partial charge in [-0.15, -0.1) is 11.3 Å². The van der Waals surface area contributed by atoms with Crippen LogP contribution in [0.15, 0.2) is 73.1 Å². The Labute approximate surface area is 263 Å². The van der Waals surface area contributed by atoms with E-state index < -0.39 is 0 Å². The van der Waals surface area contributed by atoms with Gasteiger partial charge in [-0.05, 0) is 72.5 Å². The largest absolute Gasteiger partial charge is 0.341 e. The summed E-state index contributed by atoms with van der Waals surface area (Å²) < 4.78 is 0. The fourth-order valence-corrected chi connectivity index (χ4v) is 7.39. The molecule has 0 unspecified atom stereocenters. The molecule has 0 bridgehead atoms. The van der Waals surface area contributed by atoms with Crippen LogP contribution in [0.4, 0.5) is 0 Å². The summed E-state index contributed by atoms with van der Waals surface area (Å²) in [5.41, 5.74) is 6.70. The van der Waals surface area contributed by atoms with Crippen molar-refractivity contribution in [2.75, 3.05) is 13.1 Å². The molecule has 2 aliphatic heterocycles. The van der Waals surface area contributed by atoms with Crippen molar-refractivity contribution in [3.05, 3.63) is 84.7 Å². The van der Waals surface area contributed by atoms with Gasteiger partial charge in [-0.3, -0.25) is 4.79 Å². The van der Waals surface area contributed by atoms with Crippen LogP contribution < -0.4 is 5.32 Å². The minimum atomic E-state index is 0.0177. The van der Waals surface area contributed by atoms with E-state index in [1.54, 1.807) is 11.3 Å². The van der Waals surface area contributed by atoms with Gasteiger partial charge in [0.05, 0.1) is 35.9 Å². The molecule has 2 saturated heterocycles. The fourth-order valence-electron chi connectivity index (χ4n) is 6.37. The van der Waals surface area contributed by atoms with Crippen LogP contribution in [-0.2, 0) is 4.79 Å². The zero-order chi connectivity index (χ0) is 30.2. The van der Waals surface area contributed by atoms with Crippen molar-refractivity contribution in [2.45, 2.75) is 58.5 Å². The Balaban J connectivity index is 1.02. The topological polar surface area (TPSA) is 89.7 Å². The summed E-state index contributed by atoms with van der Waals surface area (Å²) in [5.74, 6) is 2.50. The average Bonchev–Trinajstić information content (AvgIpc) is 3.89. The molecule has 5 heterocycles. The van der Waals surface area contributed by atoms with Crippen molar-refractivity contribution in [2.24, 2.45) is 11.8 Å². The maximum Gasteiger partial charge on any atom is 0.226 e. The molecule has 7 nitrogen and oxygen atoms in total. The number of imidazole rings is 2. The van der Waals surface area contributed by atoms with Crippen molar-refractivity contribution >= 4 is 17.2 Å². The van der Waals surface area contributed by atoms with Gasteiger partial charge in [0.25, 0.3) is 0 Å². The molecule has 2 aromatic carbocycles. The molecule has 5 aromatic rings. The summed E-state index contributed by atoms with van der Waals surface area (Å²) in [6.07, 6.45) is 8.16. The number of nitrogens with one attached hydrogen (secondary N) is 3. The summed E-state index contributed by atoms with van der Waals surface area (Å²) in [7, 11) is 0. The van der Waals surface area contributed by atoms with Gasteiger partial charge >= 0.3 is 0 Å². The molecule has 7 rings (SSSR count). The Kier molecular flexibility index (Phi) is 7.95. The number of amides is 1. The highest BCUT2D eigenvalue weighted by Crippen LogP contribution is 2.37. The predicted octanol–water partition coefficient (Wildman–Crippen LogP) is 8.24. The van der Waals surface area contributed by atoms with E-state index in [0.29, 0.717) is 12.0 Å². The van der Waals surface area contributed by atoms with Crippen LogP contribution in [0.2, 0.25) is 0 Å². The molecule has 8 heteroatoms. The highest BCUT2D eigenvalue weighted by atomic mass is 32.1. The molecule has 0 saturated carbocycles. The van der Waals surface area contributed by atoms with E-state index in [9.17, 15) is 4.79 Å². The average molecular weight is 605 g/mol. The van der Waals surface area contributed by atoms with Gasteiger partial charge in [0.2, 0.25) is 5.91 Å². The summed E-state index contributed by atoms with van der Waals surface area (Å²) in [5, 5.41) is 3.51. The molecular weight excluding hydrogens is 565 g/mol.